The van der Waals surface area contributed by atoms with Crippen LogP contribution in [-0.4, -0.2) is 22.2 Å². The summed E-state index contributed by atoms with van der Waals surface area (Å²) in [5.41, 5.74) is 9.36. The lowest BCUT2D eigenvalue weighted by molar-refractivity contribution is 0.894. The fraction of sp³-hybridized carbons (Fsp3) is 0.182. The van der Waals surface area contributed by atoms with E-state index in [2.05, 4.69) is 10.2 Å². The number of rotatable bonds is 4. The molecule has 0 saturated heterocycles. The van der Waals surface area contributed by atoms with Gasteiger partial charge in [0.2, 0.25) is 5.13 Å². The number of anilines is 1. The SMILES string of the molecule is CN(Cc1cccc(C(N)=S)c1)c1nncs1. The van der Waals surface area contributed by atoms with Gasteiger partial charge in [-0.3, -0.25) is 0 Å². The summed E-state index contributed by atoms with van der Waals surface area (Å²) in [5, 5.41) is 8.72. The Balaban J connectivity index is 2.13. The van der Waals surface area contributed by atoms with E-state index >= 15 is 0 Å². The maximum atomic E-state index is 5.61. The molecule has 0 spiro atoms. The van der Waals surface area contributed by atoms with Gasteiger partial charge in [-0.05, 0) is 11.6 Å². The average molecular weight is 264 g/mol. The zero-order chi connectivity index (χ0) is 12.3. The minimum Gasteiger partial charge on any atom is -0.389 e. The smallest absolute Gasteiger partial charge is 0.208 e. The van der Waals surface area contributed by atoms with E-state index in [1.807, 2.05) is 36.2 Å². The zero-order valence-corrected chi connectivity index (χ0v) is 11.0. The van der Waals surface area contributed by atoms with Gasteiger partial charge in [-0.2, -0.15) is 0 Å². The van der Waals surface area contributed by atoms with Crippen molar-refractivity contribution >= 4 is 33.7 Å². The number of thiocarbonyl (C=S) groups is 1. The van der Waals surface area contributed by atoms with Crippen LogP contribution in [0.25, 0.3) is 0 Å². The van der Waals surface area contributed by atoms with E-state index in [-0.39, 0.29) is 0 Å². The number of nitrogens with two attached hydrogens (primary N) is 1. The van der Waals surface area contributed by atoms with Gasteiger partial charge in [-0.25, -0.2) is 0 Å². The first-order valence-electron chi connectivity index (χ1n) is 5.03. The molecule has 0 aliphatic rings. The van der Waals surface area contributed by atoms with Crippen LogP contribution in [0.2, 0.25) is 0 Å². The number of nitrogens with zero attached hydrogens (tertiary/aromatic N) is 3. The molecule has 0 atom stereocenters. The van der Waals surface area contributed by atoms with E-state index in [0.29, 0.717) is 4.99 Å². The van der Waals surface area contributed by atoms with E-state index in [9.17, 15) is 0 Å². The highest BCUT2D eigenvalue weighted by atomic mass is 32.1. The molecule has 4 nitrogen and oxygen atoms in total. The molecule has 2 rings (SSSR count). The van der Waals surface area contributed by atoms with Crippen molar-refractivity contribution in [1.29, 1.82) is 0 Å². The fourth-order valence-corrected chi connectivity index (χ4v) is 2.15. The first-order chi connectivity index (χ1) is 8.16. The molecule has 2 N–H and O–H groups in total. The third-order valence-corrected chi connectivity index (χ3v) is 3.35. The van der Waals surface area contributed by atoms with E-state index in [4.69, 9.17) is 18.0 Å². The lowest BCUT2D eigenvalue weighted by atomic mass is 10.1. The first-order valence-corrected chi connectivity index (χ1v) is 6.31. The summed E-state index contributed by atoms with van der Waals surface area (Å²) in [7, 11) is 1.98. The summed E-state index contributed by atoms with van der Waals surface area (Å²) in [6, 6.07) is 7.91. The lowest BCUT2D eigenvalue weighted by Crippen LogP contribution is -2.17. The van der Waals surface area contributed by atoms with Crippen molar-refractivity contribution in [3.05, 3.63) is 40.9 Å². The van der Waals surface area contributed by atoms with Crippen molar-refractivity contribution in [3.8, 4) is 0 Å². The molecule has 1 aromatic heterocycles. The van der Waals surface area contributed by atoms with E-state index in [0.717, 1.165) is 22.8 Å². The predicted octanol–water partition coefficient (Wildman–Crippen LogP) is 1.81. The summed E-state index contributed by atoms with van der Waals surface area (Å²) >= 11 is 6.47. The Morgan fingerprint density at radius 1 is 1.53 bits per heavy atom. The van der Waals surface area contributed by atoms with Crippen molar-refractivity contribution in [2.75, 3.05) is 11.9 Å². The van der Waals surface area contributed by atoms with Crippen LogP contribution in [0.15, 0.2) is 29.8 Å². The topological polar surface area (TPSA) is 55.0 Å². The molecule has 0 aliphatic carbocycles. The van der Waals surface area contributed by atoms with Crippen molar-refractivity contribution in [3.63, 3.8) is 0 Å². The first kappa shape index (κ1) is 11.9. The van der Waals surface area contributed by atoms with E-state index in [1.54, 1.807) is 5.51 Å². The molecular formula is C11H12N4S2. The zero-order valence-electron chi connectivity index (χ0n) is 9.33. The van der Waals surface area contributed by atoms with Gasteiger partial charge in [0, 0.05) is 19.2 Å². The second-order valence-corrected chi connectivity index (χ2v) is 4.89. The molecule has 0 aliphatic heterocycles. The molecule has 2 aromatic rings. The second-order valence-electron chi connectivity index (χ2n) is 3.64. The van der Waals surface area contributed by atoms with Crippen LogP contribution < -0.4 is 10.6 Å². The minimum atomic E-state index is 0.422. The number of aromatic nitrogens is 2. The molecule has 0 bridgehead atoms. The average Bonchev–Trinajstić information content (AvgIpc) is 2.82. The van der Waals surface area contributed by atoms with Crippen LogP contribution in [0.5, 0.6) is 0 Å². The molecule has 0 saturated carbocycles. The number of hydrogen-bond donors (Lipinski definition) is 1. The highest BCUT2D eigenvalue weighted by Crippen LogP contribution is 2.17. The van der Waals surface area contributed by atoms with Crippen molar-refractivity contribution in [1.82, 2.24) is 10.2 Å². The standard InChI is InChI=1S/C11H12N4S2/c1-15(11-14-13-7-17-11)6-8-3-2-4-9(5-8)10(12)16/h2-5,7H,6H2,1H3,(H2,12,16). The molecule has 0 fully saturated rings. The van der Waals surface area contributed by atoms with Crippen molar-refractivity contribution in [2.24, 2.45) is 5.73 Å². The molecule has 0 radical (unpaired) electrons. The molecule has 1 heterocycles. The van der Waals surface area contributed by atoms with Gasteiger partial charge >= 0.3 is 0 Å². The van der Waals surface area contributed by atoms with Crippen LogP contribution in [0.4, 0.5) is 5.13 Å². The maximum absolute atomic E-state index is 5.61. The predicted molar refractivity (Wildman–Crippen MR) is 74.3 cm³/mol. The summed E-state index contributed by atoms with van der Waals surface area (Å²) in [6.45, 7) is 0.756. The molecule has 0 unspecified atom stereocenters. The van der Waals surface area contributed by atoms with Gasteiger partial charge in [-0.1, -0.05) is 41.8 Å². The normalized spacial score (nSPS) is 10.2. The molecule has 6 heteroatoms. The quantitative estimate of drug-likeness (QED) is 0.854. The van der Waals surface area contributed by atoms with Gasteiger partial charge in [0.25, 0.3) is 0 Å². The largest absolute Gasteiger partial charge is 0.389 e. The monoisotopic (exact) mass is 264 g/mol. The van der Waals surface area contributed by atoms with Gasteiger partial charge in [-0.15, -0.1) is 10.2 Å². The lowest BCUT2D eigenvalue weighted by Gasteiger charge is -2.15. The summed E-state index contributed by atoms with van der Waals surface area (Å²) in [5.74, 6) is 0. The third kappa shape index (κ3) is 2.98. The van der Waals surface area contributed by atoms with Crippen LogP contribution in [0.1, 0.15) is 11.1 Å². The Bertz CT molecular complexity index is 510. The third-order valence-electron chi connectivity index (χ3n) is 2.31. The van der Waals surface area contributed by atoms with E-state index in [1.165, 1.54) is 11.3 Å². The summed E-state index contributed by atoms with van der Waals surface area (Å²) in [4.78, 5) is 2.46. The number of benzene rings is 1. The minimum absolute atomic E-state index is 0.422. The Morgan fingerprint density at radius 2 is 2.35 bits per heavy atom. The van der Waals surface area contributed by atoms with Gasteiger partial charge in [0.15, 0.2) is 0 Å². The Kier molecular flexibility index (Phi) is 3.65. The summed E-state index contributed by atoms with van der Waals surface area (Å²) < 4.78 is 0. The van der Waals surface area contributed by atoms with Crippen LogP contribution >= 0.6 is 23.6 Å². The number of hydrogen-bond acceptors (Lipinski definition) is 5. The second kappa shape index (κ2) is 5.20. The molecule has 0 amide bonds. The Hall–Kier alpha value is -1.53. The fourth-order valence-electron chi connectivity index (χ4n) is 1.50. The molecule has 1 aromatic carbocycles. The van der Waals surface area contributed by atoms with Crippen LogP contribution in [-0.2, 0) is 6.54 Å². The van der Waals surface area contributed by atoms with Crippen molar-refractivity contribution < 1.29 is 0 Å². The highest BCUT2D eigenvalue weighted by molar-refractivity contribution is 7.80. The van der Waals surface area contributed by atoms with Gasteiger partial charge in [0.1, 0.15) is 10.5 Å². The molecule has 17 heavy (non-hydrogen) atoms. The van der Waals surface area contributed by atoms with E-state index < -0.39 is 0 Å². The van der Waals surface area contributed by atoms with Gasteiger partial charge < -0.3 is 10.6 Å². The highest BCUT2D eigenvalue weighted by Gasteiger charge is 2.06. The Labute approximate surface area is 109 Å². The summed E-state index contributed by atoms with van der Waals surface area (Å²) in [6.07, 6.45) is 0. The Morgan fingerprint density at radius 3 is 3.00 bits per heavy atom. The molecular weight excluding hydrogens is 252 g/mol. The van der Waals surface area contributed by atoms with Crippen LogP contribution in [0.3, 0.4) is 0 Å². The van der Waals surface area contributed by atoms with Crippen LogP contribution in [0, 0.1) is 0 Å². The molecule has 88 valence electrons. The van der Waals surface area contributed by atoms with Gasteiger partial charge in [0.05, 0.1) is 0 Å². The van der Waals surface area contributed by atoms with Crippen molar-refractivity contribution in [2.45, 2.75) is 6.54 Å². The maximum Gasteiger partial charge on any atom is 0.208 e.